The highest BCUT2D eigenvalue weighted by atomic mass is 16.5. The van der Waals surface area contributed by atoms with Crippen LogP contribution in [0.4, 0.5) is 5.69 Å². The van der Waals surface area contributed by atoms with E-state index in [1.54, 1.807) is 0 Å². The maximum atomic E-state index is 5.97. The third-order valence-electron chi connectivity index (χ3n) is 5.32. The van der Waals surface area contributed by atoms with Crippen molar-refractivity contribution in [2.45, 2.75) is 51.2 Å². The van der Waals surface area contributed by atoms with Crippen LogP contribution in [0, 0.1) is 0 Å². The minimum Gasteiger partial charge on any atom is -0.378 e. The smallest absolute Gasteiger partial charge is 0.191 e. The summed E-state index contributed by atoms with van der Waals surface area (Å²) in [7, 11) is 1.82. The first kappa shape index (κ1) is 19.7. The highest BCUT2D eigenvalue weighted by molar-refractivity contribution is 5.79. The van der Waals surface area contributed by atoms with Crippen molar-refractivity contribution < 1.29 is 4.74 Å². The molecule has 0 aromatic heterocycles. The third-order valence-corrected chi connectivity index (χ3v) is 5.32. The SMILES string of the molecule is CN=C(NCCCOC1CCCCC1)NCc1ccc(N2CC=CC2)cc1. The topological polar surface area (TPSA) is 48.9 Å². The fraction of sp³-hybridized carbons (Fsp3) is 0.591. The Morgan fingerprint density at radius 2 is 1.81 bits per heavy atom. The highest BCUT2D eigenvalue weighted by Gasteiger charge is 2.13. The molecule has 0 saturated heterocycles. The predicted molar refractivity (Wildman–Crippen MR) is 113 cm³/mol. The molecule has 1 aromatic carbocycles. The van der Waals surface area contributed by atoms with E-state index in [1.807, 2.05) is 7.05 Å². The first-order valence-corrected chi connectivity index (χ1v) is 10.4. The Hall–Kier alpha value is -2.01. The summed E-state index contributed by atoms with van der Waals surface area (Å²) in [6, 6.07) is 8.77. The molecule has 0 bridgehead atoms. The lowest BCUT2D eigenvalue weighted by Gasteiger charge is -2.22. The molecule has 5 heteroatoms. The summed E-state index contributed by atoms with van der Waals surface area (Å²) in [5.74, 6) is 0.848. The molecule has 0 spiro atoms. The Bertz CT molecular complexity index is 597. The Labute approximate surface area is 163 Å². The van der Waals surface area contributed by atoms with Gasteiger partial charge in [0.05, 0.1) is 6.10 Å². The van der Waals surface area contributed by atoms with Gasteiger partial charge in [-0.05, 0) is 37.0 Å². The predicted octanol–water partition coefficient (Wildman–Crippen LogP) is 3.47. The van der Waals surface area contributed by atoms with Crippen molar-refractivity contribution in [3.63, 3.8) is 0 Å². The molecule has 2 aliphatic rings. The molecule has 1 aromatic rings. The van der Waals surface area contributed by atoms with E-state index in [-0.39, 0.29) is 0 Å². The van der Waals surface area contributed by atoms with E-state index in [9.17, 15) is 0 Å². The molecule has 2 N–H and O–H groups in total. The summed E-state index contributed by atoms with van der Waals surface area (Å²) in [4.78, 5) is 6.66. The van der Waals surface area contributed by atoms with E-state index in [0.717, 1.165) is 45.2 Å². The van der Waals surface area contributed by atoms with Crippen molar-refractivity contribution in [2.75, 3.05) is 38.2 Å². The van der Waals surface area contributed by atoms with E-state index in [0.29, 0.717) is 6.10 Å². The fourth-order valence-corrected chi connectivity index (χ4v) is 3.68. The van der Waals surface area contributed by atoms with Gasteiger partial charge in [0.25, 0.3) is 0 Å². The number of aliphatic imine (C=N–C) groups is 1. The summed E-state index contributed by atoms with van der Waals surface area (Å²) in [5, 5.41) is 6.76. The van der Waals surface area contributed by atoms with Crippen LogP contribution < -0.4 is 15.5 Å². The van der Waals surface area contributed by atoms with Gasteiger partial charge in [0.2, 0.25) is 0 Å². The molecular weight excluding hydrogens is 336 g/mol. The number of nitrogens with one attached hydrogen (secondary N) is 2. The molecule has 148 valence electrons. The van der Waals surface area contributed by atoms with Gasteiger partial charge in [-0.15, -0.1) is 0 Å². The molecule has 0 atom stereocenters. The Morgan fingerprint density at radius 1 is 1.07 bits per heavy atom. The average molecular weight is 371 g/mol. The van der Waals surface area contributed by atoms with Crippen LogP contribution in [0.1, 0.15) is 44.1 Å². The number of hydrogen-bond donors (Lipinski definition) is 2. The third kappa shape index (κ3) is 6.58. The summed E-state index contributed by atoms with van der Waals surface area (Å²) in [5.41, 5.74) is 2.54. The van der Waals surface area contributed by atoms with Crippen LogP contribution in [0.25, 0.3) is 0 Å². The second-order valence-electron chi connectivity index (χ2n) is 7.38. The lowest BCUT2D eigenvalue weighted by molar-refractivity contribution is 0.0277. The van der Waals surface area contributed by atoms with Gasteiger partial charge in [0.15, 0.2) is 5.96 Å². The van der Waals surface area contributed by atoms with Crippen molar-refractivity contribution in [1.82, 2.24) is 10.6 Å². The van der Waals surface area contributed by atoms with Gasteiger partial charge in [-0.3, -0.25) is 4.99 Å². The zero-order valence-corrected chi connectivity index (χ0v) is 16.6. The fourth-order valence-electron chi connectivity index (χ4n) is 3.68. The summed E-state index contributed by atoms with van der Waals surface area (Å²) < 4.78 is 5.97. The van der Waals surface area contributed by atoms with Crippen LogP contribution in [0.3, 0.4) is 0 Å². The molecule has 0 unspecified atom stereocenters. The van der Waals surface area contributed by atoms with Crippen LogP contribution in [-0.2, 0) is 11.3 Å². The zero-order valence-electron chi connectivity index (χ0n) is 16.6. The normalized spacial score (nSPS) is 18.1. The van der Waals surface area contributed by atoms with Crippen LogP contribution in [0.5, 0.6) is 0 Å². The lowest BCUT2D eigenvalue weighted by atomic mass is 9.98. The molecule has 5 nitrogen and oxygen atoms in total. The number of anilines is 1. The molecular formula is C22H34N4O. The van der Waals surface area contributed by atoms with Crippen LogP contribution in [0.15, 0.2) is 41.4 Å². The van der Waals surface area contributed by atoms with Crippen LogP contribution in [-0.4, -0.2) is 45.4 Å². The van der Waals surface area contributed by atoms with Gasteiger partial charge in [0.1, 0.15) is 0 Å². The second kappa shape index (κ2) is 11.0. The maximum absolute atomic E-state index is 5.97. The van der Waals surface area contributed by atoms with Gasteiger partial charge in [-0.2, -0.15) is 0 Å². The molecule has 0 amide bonds. The minimum absolute atomic E-state index is 0.496. The van der Waals surface area contributed by atoms with Gasteiger partial charge >= 0.3 is 0 Å². The number of rotatable bonds is 8. The van der Waals surface area contributed by atoms with Crippen molar-refractivity contribution >= 4 is 11.6 Å². The molecule has 1 aliphatic carbocycles. The number of hydrogen-bond acceptors (Lipinski definition) is 3. The molecule has 0 radical (unpaired) electrons. The second-order valence-corrected chi connectivity index (χ2v) is 7.38. The van der Waals surface area contributed by atoms with Crippen molar-refractivity contribution in [3.05, 3.63) is 42.0 Å². The molecule has 1 fully saturated rings. The Balaban J connectivity index is 1.30. The first-order chi connectivity index (χ1) is 13.3. The number of guanidine groups is 1. The number of benzene rings is 1. The van der Waals surface area contributed by atoms with Crippen molar-refractivity contribution in [3.8, 4) is 0 Å². The molecule has 3 rings (SSSR count). The van der Waals surface area contributed by atoms with Gasteiger partial charge in [0, 0.05) is 45.5 Å². The van der Waals surface area contributed by atoms with Gasteiger partial charge < -0.3 is 20.3 Å². The van der Waals surface area contributed by atoms with E-state index < -0.39 is 0 Å². The van der Waals surface area contributed by atoms with Gasteiger partial charge in [-0.25, -0.2) is 0 Å². The van der Waals surface area contributed by atoms with Crippen LogP contribution in [0.2, 0.25) is 0 Å². The molecule has 1 aliphatic heterocycles. The number of nitrogens with zero attached hydrogens (tertiary/aromatic N) is 2. The zero-order chi connectivity index (χ0) is 18.7. The molecule has 27 heavy (non-hydrogen) atoms. The standard InChI is InChI=1S/C22H34N4O/c1-23-22(24-14-7-17-27-21-8-3-2-4-9-21)25-18-19-10-12-20(13-11-19)26-15-5-6-16-26/h5-6,10-13,21H,2-4,7-9,14-18H2,1H3,(H2,23,24,25). The van der Waals surface area contributed by atoms with E-state index in [1.165, 1.54) is 43.4 Å². The average Bonchev–Trinajstić information content (AvgIpc) is 3.26. The summed E-state index contributed by atoms with van der Waals surface area (Å²) in [6.45, 7) is 4.52. The van der Waals surface area contributed by atoms with E-state index in [2.05, 4.69) is 56.9 Å². The van der Waals surface area contributed by atoms with Crippen molar-refractivity contribution in [2.24, 2.45) is 4.99 Å². The summed E-state index contributed by atoms with van der Waals surface area (Å²) in [6.07, 6.45) is 12.4. The van der Waals surface area contributed by atoms with Crippen LogP contribution >= 0.6 is 0 Å². The maximum Gasteiger partial charge on any atom is 0.191 e. The Morgan fingerprint density at radius 3 is 2.52 bits per heavy atom. The monoisotopic (exact) mass is 370 g/mol. The Kier molecular flexibility index (Phi) is 8.03. The highest BCUT2D eigenvalue weighted by Crippen LogP contribution is 2.20. The number of ether oxygens (including phenoxy) is 1. The molecule has 1 saturated carbocycles. The van der Waals surface area contributed by atoms with Crippen molar-refractivity contribution in [1.29, 1.82) is 0 Å². The van der Waals surface area contributed by atoms with E-state index in [4.69, 9.17) is 4.74 Å². The van der Waals surface area contributed by atoms with E-state index >= 15 is 0 Å². The summed E-state index contributed by atoms with van der Waals surface area (Å²) >= 11 is 0. The quantitative estimate of drug-likeness (QED) is 0.318. The molecule has 1 heterocycles. The first-order valence-electron chi connectivity index (χ1n) is 10.4. The van der Waals surface area contributed by atoms with Gasteiger partial charge in [-0.1, -0.05) is 43.5 Å². The largest absolute Gasteiger partial charge is 0.378 e. The minimum atomic E-state index is 0.496. The lowest BCUT2D eigenvalue weighted by Crippen LogP contribution is -2.37.